The van der Waals surface area contributed by atoms with Gasteiger partial charge in [0.25, 0.3) is 0 Å². The maximum Gasteiger partial charge on any atom is 0.0498 e. The molecule has 0 aliphatic carbocycles. The van der Waals surface area contributed by atoms with E-state index in [4.69, 9.17) is 0 Å². The Hall–Kier alpha value is -2.85. The molecule has 1 aliphatic rings. The second-order valence-electron chi connectivity index (χ2n) is 8.53. The summed E-state index contributed by atoms with van der Waals surface area (Å²) in [5.74, 6) is 0.656. The molecule has 30 heavy (non-hydrogen) atoms. The van der Waals surface area contributed by atoms with Crippen molar-refractivity contribution in [2.75, 3.05) is 13.1 Å². The van der Waals surface area contributed by atoms with Gasteiger partial charge in [0.05, 0.1) is 0 Å². The minimum Gasteiger partial charge on any atom is -0.354 e. The number of rotatable bonds is 5. The lowest BCUT2D eigenvalue weighted by Gasteiger charge is -2.32. The largest absolute Gasteiger partial charge is 0.354 e. The molecule has 4 nitrogen and oxygen atoms in total. The molecule has 0 atom stereocenters. The van der Waals surface area contributed by atoms with Crippen molar-refractivity contribution in [1.29, 1.82) is 0 Å². The van der Waals surface area contributed by atoms with Gasteiger partial charge < -0.3 is 9.55 Å². The van der Waals surface area contributed by atoms with Crippen LogP contribution in [0.2, 0.25) is 0 Å². The number of aryl methyl sites for hydroxylation is 2. The first-order valence-electron chi connectivity index (χ1n) is 11.1. The third-order valence-electron chi connectivity index (χ3n) is 6.75. The summed E-state index contributed by atoms with van der Waals surface area (Å²) >= 11 is 0. The standard InChI is InChI=1S/C26H30N4/c1-3-23-24-17-21(6-7-25(24)28-26(23)20-8-12-27-13-9-20)19-10-15-30(16-11-19)18-22-5-4-14-29(22)2/h4-9,12-14,17,19,28H,3,10-11,15-16,18H2,1-2H3. The van der Waals surface area contributed by atoms with Crippen LogP contribution < -0.4 is 0 Å². The number of benzene rings is 1. The van der Waals surface area contributed by atoms with Crippen molar-refractivity contribution in [3.05, 3.63) is 77.9 Å². The first-order valence-corrected chi connectivity index (χ1v) is 11.1. The number of nitrogens with one attached hydrogen (secondary N) is 1. The molecule has 1 saturated heterocycles. The molecule has 4 heteroatoms. The monoisotopic (exact) mass is 398 g/mol. The zero-order chi connectivity index (χ0) is 20.5. The third-order valence-corrected chi connectivity index (χ3v) is 6.75. The first kappa shape index (κ1) is 19.1. The van der Waals surface area contributed by atoms with E-state index in [1.807, 2.05) is 12.4 Å². The number of H-pyrrole nitrogens is 1. The smallest absolute Gasteiger partial charge is 0.0498 e. The normalized spacial score (nSPS) is 15.8. The number of fused-ring (bicyclic) bond motifs is 1. The number of likely N-dealkylation sites (tertiary alicyclic amines) is 1. The lowest BCUT2D eigenvalue weighted by atomic mass is 9.88. The predicted molar refractivity (Wildman–Crippen MR) is 124 cm³/mol. The van der Waals surface area contributed by atoms with Crippen LogP contribution in [0.5, 0.6) is 0 Å². The SMILES string of the molecule is CCc1c(-c2ccncc2)[nH]c2ccc(C3CCN(Cc4cccn4C)CC3)cc12. The number of piperidine rings is 1. The summed E-state index contributed by atoms with van der Waals surface area (Å²) in [6.07, 6.45) is 9.37. The van der Waals surface area contributed by atoms with Gasteiger partial charge in [0.15, 0.2) is 0 Å². The Bertz CT molecular complexity index is 1130. The van der Waals surface area contributed by atoms with Crippen molar-refractivity contribution in [2.45, 2.75) is 38.6 Å². The Morgan fingerprint density at radius 1 is 1.07 bits per heavy atom. The van der Waals surface area contributed by atoms with E-state index in [0.717, 1.165) is 13.0 Å². The Morgan fingerprint density at radius 2 is 1.87 bits per heavy atom. The molecular formula is C26H30N4. The van der Waals surface area contributed by atoms with Gasteiger partial charge in [0, 0.05) is 60.0 Å². The summed E-state index contributed by atoms with van der Waals surface area (Å²) in [4.78, 5) is 10.4. The van der Waals surface area contributed by atoms with Crippen molar-refractivity contribution in [3.63, 3.8) is 0 Å². The molecule has 0 bridgehead atoms. The average Bonchev–Trinajstić information content (AvgIpc) is 3.37. The highest BCUT2D eigenvalue weighted by molar-refractivity contribution is 5.91. The fourth-order valence-electron chi connectivity index (χ4n) is 4.97. The molecule has 0 amide bonds. The van der Waals surface area contributed by atoms with Gasteiger partial charge in [-0.1, -0.05) is 13.0 Å². The van der Waals surface area contributed by atoms with Crippen LogP contribution in [0.25, 0.3) is 22.2 Å². The topological polar surface area (TPSA) is 36.9 Å². The first-order chi connectivity index (χ1) is 14.7. The van der Waals surface area contributed by atoms with Crippen molar-refractivity contribution in [1.82, 2.24) is 19.4 Å². The molecule has 0 spiro atoms. The van der Waals surface area contributed by atoms with E-state index in [0.29, 0.717) is 5.92 Å². The molecule has 0 radical (unpaired) electrons. The van der Waals surface area contributed by atoms with Gasteiger partial charge in [0.2, 0.25) is 0 Å². The van der Waals surface area contributed by atoms with Crippen molar-refractivity contribution >= 4 is 10.9 Å². The maximum absolute atomic E-state index is 4.17. The van der Waals surface area contributed by atoms with Crippen LogP contribution in [-0.2, 0) is 20.0 Å². The zero-order valence-corrected chi connectivity index (χ0v) is 17.9. The summed E-state index contributed by atoms with van der Waals surface area (Å²) in [7, 11) is 2.14. The Morgan fingerprint density at radius 3 is 2.57 bits per heavy atom. The molecule has 4 heterocycles. The molecule has 0 saturated carbocycles. The number of aromatic nitrogens is 3. The number of pyridine rings is 1. The predicted octanol–water partition coefficient (Wildman–Crippen LogP) is 5.51. The molecule has 154 valence electrons. The number of aromatic amines is 1. The Labute approximate surface area is 178 Å². The van der Waals surface area contributed by atoms with E-state index >= 15 is 0 Å². The van der Waals surface area contributed by atoms with E-state index in [-0.39, 0.29) is 0 Å². The Balaban J connectivity index is 1.36. The average molecular weight is 399 g/mol. The molecule has 3 aromatic heterocycles. The van der Waals surface area contributed by atoms with Crippen molar-refractivity contribution in [3.8, 4) is 11.3 Å². The summed E-state index contributed by atoms with van der Waals surface area (Å²) in [5.41, 5.74) is 8.01. The fourth-order valence-corrected chi connectivity index (χ4v) is 4.97. The fraction of sp³-hybridized carbons (Fsp3) is 0.346. The molecule has 0 unspecified atom stereocenters. The van der Waals surface area contributed by atoms with E-state index < -0.39 is 0 Å². The molecule has 5 rings (SSSR count). The van der Waals surface area contributed by atoms with Crippen LogP contribution in [0, 0.1) is 0 Å². The lowest BCUT2D eigenvalue weighted by molar-refractivity contribution is 0.201. The van der Waals surface area contributed by atoms with Crippen LogP contribution in [-0.4, -0.2) is 32.5 Å². The molecular weight excluding hydrogens is 368 g/mol. The van der Waals surface area contributed by atoms with Crippen LogP contribution >= 0.6 is 0 Å². The number of nitrogens with zero attached hydrogens (tertiary/aromatic N) is 3. The summed E-state index contributed by atoms with van der Waals surface area (Å²) in [6, 6.07) is 15.6. The highest BCUT2D eigenvalue weighted by Gasteiger charge is 2.22. The van der Waals surface area contributed by atoms with E-state index in [2.05, 4.69) is 82.1 Å². The minimum atomic E-state index is 0.656. The van der Waals surface area contributed by atoms with Crippen LogP contribution in [0.15, 0.2) is 61.1 Å². The molecule has 4 aromatic rings. The second kappa shape index (κ2) is 8.11. The lowest BCUT2D eigenvalue weighted by Crippen LogP contribution is -2.33. The van der Waals surface area contributed by atoms with E-state index in [1.165, 1.54) is 64.9 Å². The molecule has 1 aromatic carbocycles. The van der Waals surface area contributed by atoms with Gasteiger partial charge in [-0.05, 0) is 85.8 Å². The van der Waals surface area contributed by atoms with Crippen molar-refractivity contribution in [2.24, 2.45) is 7.05 Å². The van der Waals surface area contributed by atoms with Crippen molar-refractivity contribution < 1.29 is 0 Å². The Kier molecular flexibility index (Phi) is 5.17. The molecule has 1 fully saturated rings. The van der Waals surface area contributed by atoms with E-state index in [9.17, 15) is 0 Å². The summed E-state index contributed by atoms with van der Waals surface area (Å²) < 4.78 is 2.23. The van der Waals surface area contributed by atoms with E-state index in [1.54, 1.807) is 0 Å². The number of hydrogen-bond donors (Lipinski definition) is 1. The summed E-state index contributed by atoms with van der Waals surface area (Å²) in [6.45, 7) is 5.65. The molecule has 1 aliphatic heterocycles. The van der Waals surface area contributed by atoms with Gasteiger partial charge in [0.1, 0.15) is 0 Å². The maximum atomic E-state index is 4.17. The van der Waals surface area contributed by atoms with Crippen LogP contribution in [0.3, 0.4) is 0 Å². The van der Waals surface area contributed by atoms with Gasteiger partial charge in [-0.3, -0.25) is 9.88 Å². The van der Waals surface area contributed by atoms with Gasteiger partial charge in [-0.15, -0.1) is 0 Å². The highest BCUT2D eigenvalue weighted by Crippen LogP contribution is 2.35. The zero-order valence-electron chi connectivity index (χ0n) is 17.9. The second-order valence-corrected chi connectivity index (χ2v) is 8.53. The van der Waals surface area contributed by atoms with Gasteiger partial charge in [-0.2, -0.15) is 0 Å². The number of hydrogen-bond acceptors (Lipinski definition) is 2. The summed E-state index contributed by atoms with van der Waals surface area (Å²) in [5, 5.41) is 1.38. The highest BCUT2D eigenvalue weighted by atomic mass is 15.1. The van der Waals surface area contributed by atoms with Crippen LogP contribution in [0.4, 0.5) is 0 Å². The van der Waals surface area contributed by atoms with Crippen LogP contribution in [0.1, 0.15) is 42.5 Å². The third kappa shape index (κ3) is 3.56. The minimum absolute atomic E-state index is 0.656. The van der Waals surface area contributed by atoms with Gasteiger partial charge >= 0.3 is 0 Å². The van der Waals surface area contributed by atoms with Gasteiger partial charge in [-0.25, -0.2) is 0 Å². The quantitative estimate of drug-likeness (QED) is 0.481. The molecule has 1 N–H and O–H groups in total.